The zero-order chi connectivity index (χ0) is 25.9. The molecule has 0 unspecified atom stereocenters. The molecule has 6 nitrogen and oxygen atoms in total. The maximum atomic E-state index is 13.4. The van der Waals surface area contributed by atoms with E-state index in [1.807, 2.05) is 66.2 Å². The van der Waals surface area contributed by atoms with Crippen LogP contribution in [-0.2, 0) is 16.6 Å². The highest BCUT2D eigenvalue weighted by molar-refractivity contribution is 6.14. The summed E-state index contributed by atoms with van der Waals surface area (Å²) in [4.78, 5) is 40.5. The highest BCUT2D eigenvalue weighted by atomic mass is 19.1. The van der Waals surface area contributed by atoms with Gasteiger partial charge in [0.1, 0.15) is 5.82 Å². The monoisotopic (exact) mass is 498 g/mol. The minimum atomic E-state index is -0.427. The number of para-hydroxylation sites is 1. The van der Waals surface area contributed by atoms with Gasteiger partial charge in [0.05, 0.1) is 17.2 Å². The number of hydrogen-bond donors (Lipinski definition) is 0. The number of piperidine rings is 1. The first-order chi connectivity index (χ1) is 17.9. The zero-order valence-electron chi connectivity index (χ0n) is 20.5. The number of ketones is 1. The Kier molecular flexibility index (Phi) is 6.86. The molecule has 1 amide bonds. The van der Waals surface area contributed by atoms with Crippen LogP contribution in [-0.4, -0.2) is 46.8 Å². The van der Waals surface area contributed by atoms with Gasteiger partial charge in [-0.3, -0.25) is 14.4 Å². The second-order valence-corrected chi connectivity index (χ2v) is 9.27. The lowest BCUT2D eigenvalue weighted by molar-refractivity contribution is -0.148. The first-order valence-electron chi connectivity index (χ1n) is 12.3. The number of benzene rings is 3. The van der Waals surface area contributed by atoms with E-state index in [0.29, 0.717) is 37.1 Å². The van der Waals surface area contributed by atoms with E-state index in [1.54, 1.807) is 4.90 Å². The van der Waals surface area contributed by atoms with Crippen LogP contribution in [0.3, 0.4) is 0 Å². The van der Waals surface area contributed by atoms with Gasteiger partial charge in [0.15, 0.2) is 6.61 Å². The van der Waals surface area contributed by atoms with Crippen molar-refractivity contribution in [3.63, 3.8) is 0 Å². The molecule has 0 saturated carbocycles. The number of likely N-dealkylation sites (tertiary alicyclic amines) is 1. The van der Waals surface area contributed by atoms with E-state index in [-0.39, 0.29) is 24.2 Å². The molecule has 4 aromatic rings. The van der Waals surface area contributed by atoms with Gasteiger partial charge in [-0.1, -0.05) is 48.5 Å². The lowest BCUT2D eigenvalue weighted by Crippen LogP contribution is -2.40. The van der Waals surface area contributed by atoms with E-state index in [1.165, 1.54) is 24.3 Å². The van der Waals surface area contributed by atoms with Gasteiger partial charge in [-0.2, -0.15) is 0 Å². The second kappa shape index (κ2) is 10.4. The lowest BCUT2D eigenvalue weighted by atomic mass is 9.96. The zero-order valence-corrected chi connectivity index (χ0v) is 20.5. The fourth-order valence-corrected chi connectivity index (χ4v) is 5.03. The first kappa shape index (κ1) is 24.4. The number of esters is 1. The van der Waals surface area contributed by atoms with Gasteiger partial charge >= 0.3 is 5.97 Å². The predicted octanol–water partition coefficient (Wildman–Crippen LogP) is 5.26. The van der Waals surface area contributed by atoms with Gasteiger partial charge < -0.3 is 14.2 Å². The number of carbonyl (C=O) groups is 3. The molecule has 1 aromatic heterocycles. The van der Waals surface area contributed by atoms with Crippen molar-refractivity contribution in [2.75, 3.05) is 19.7 Å². The van der Waals surface area contributed by atoms with E-state index in [0.717, 1.165) is 22.2 Å². The topological polar surface area (TPSA) is 68.6 Å². The normalized spacial score (nSPS) is 14.1. The number of amides is 1. The van der Waals surface area contributed by atoms with Crippen LogP contribution in [0.15, 0.2) is 78.9 Å². The van der Waals surface area contributed by atoms with Crippen LogP contribution < -0.4 is 0 Å². The lowest BCUT2D eigenvalue weighted by Gasteiger charge is -2.31. The standard InChI is InChI=1S/C30H27FN2O4/c1-32-25-10-6-5-9-24(25)27(28(32)20-7-3-2-4-8-20)26(34)19-37-30(36)22-15-17-33(18-16-22)29(35)21-11-13-23(31)14-12-21/h2-14,22H,15-19H2,1H3. The maximum absolute atomic E-state index is 13.4. The highest BCUT2D eigenvalue weighted by Crippen LogP contribution is 2.33. The molecule has 188 valence electrons. The number of carbonyl (C=O) groups excluding carboxylic acids is 3. The van der Waals surface area contributed by atoms with Crippen molar-refractivity contribution in [1.29, 1.82) is 0 Å². The molecule has 3 aromatic carbocycles. The molecule has 0 radical (unpaired) electrons. The van der Waals surface area contributed by atoms with E-state index in [2.05, 4.69) is 0 Å². The smallest absolute Gasteiger partial charge is 0.309 e. The fourth-order valence-electron chi connectivity index (χ4n) is 5.03. The third-order valence-corrected chi connectivity index (χ3v) is 6.99. The van der Waals surface area contributed by atoms with E-state index in [9.17, 15) is 18.8 Å². The Balaban J connectivity index is 1.25. The fraction of sp³-hybridized carbons (Fsp3) is 0.233. The van der Waals surface area contributed by atoms with Gasteiger partial charge in [0, 0.05) is 36.6 Å². The van der Waals surface area contributed by atoms with E-state index in [4.69, 9.17) is 4.74 Å². The molecule has 5 rings (SSSR count). The van der Waals surface area contributed by atoms with Gasteiger partial charge in [-0.15, -0.1) is 0 Å². The third kappa shape index (κ3) is 4.89. The largest absolute Gasteiger partial charge is 0.457 e. The third-order valence-electron chi connectivity index (χ3n) is 6.99. The molecule has 0 aliphatic carbocycles. The number of nitrogens with zero attached hydrogens (tertiary/aromatic N) is 2. The number of fused-ring (bicyclic) bond motifs is 1. The SMILES string of the molecule is Cn1c(-c2ccccc2)c(C(=O)COC(=O)C2CCN(C(=O)c3ccc(F)cc3)CC2)c2ccccc21. The predicted molar refractivity (Wildman–Crippen MR) is 139 cm³/mol. The Labute approximate surface area is 214 Å². The molecule has 1 saturated heterocycles. The van der Waals surface area contributed by atoms with E-state index >= 15 is 0 Å². The van der Waals surface area contributed by atoms with Crippen molar-refractivity contribution in [2.45, 2.75) is 12.8 Å². The quantitative estimate of drug-likeness (QED) is 0.269. The molecule has 0 spiro atoms. The maximum Gasteiger partial charge on any atom is 0.309 e. The summed E-state index contributed by atoms with van der Waals surface area (Å²) in [5.41, 5.74) is 3.58. The van der Waals surface area contributed by atoms with Crippen molar-refractivity contribution in [3.8, 4) is 11.3 Å². The van der Waals surface area contributed by atoms with Crippen LogP contribution in [0, 0.1) is 11.7 Å². The Morgan fingerprint density at radius 2 is 1.54 bits per heavy atom. The summed E-state index contributed by atoms with van der Waals surface area (Å²) >= 11 is 0. The molecular formula is C30H27FN2O4. The first-order valence-corrected chi connectivity index (χ1v) is 12.3. The number of ether oxygens (including phenoxy) is 1. The Morgan fingerprint density at radius 1 is 0.892 bits per heavy atom. The van der Waals surface area contributed by atoms with Crippen molar-refractivity contribution >= 4 is 28.6 Å². The van der Waals surface area contributed by atoms with Crippen LogP contribution >= 0.6 is 0 Å². The number of rotatable bonds is 6. The average Bonchev–Trinajstić information content (AvgIpc) is 3.24. The van der Waals surface area contributed by atoms with Crippen molar-refractivity contribution in [3.05, 3.63) is 95.8 Å². The van der Waals surface area contributed by atoms with Crippen LogP contribution in [0.2, 0.25) is 0 Å². The summed E-state index contributed by atoms with van der Waals surface area (Å²) in [5.74, 6) is -1.65. The molecule has 7 heteroatoms. The molecule has 0 bridgehead atoms. The summed E-state index contributed by atoms with van der Waals surface area (Å²) in [7, 11) is 1.93. The Morgan fingerprint density at radius 3 is 2.24 bits per heavy atom. The summed E-state index contributed by atoms with van der Waals surface area (Å²) < 4.78 is 20.6. The molecule has 0 atom stereocenters. The van der Waals surface area contributed by atoms with Crippen LogP contribution in [0.4, 0.5) is 4.39 Å². The summed E-state index contributed by atoms with van der Waals surface area (Å²) in [5, 5.41) is 0.817. The van der Waals surface area contributed by atoms with Crippen LogP contribution in [0.1, 0.15) is 33.6 Å². The van der Waals surface area contributed by atoms with Crippen molar-refractivity contribution < 1.29 is 23.5 Å². The number of hydrogen-bond acceptors (Lipinski definition) is 4. The Bertz CT molecular complexity index is 1450. The number of aromatic nitrogens is 1. The summed E-state index contributed by atoms with van der Waals surface area (Å²) in [6.45, 7) is 0.443. The molecule has 0 N–H and O–H groups in total. The molecule has 37 heavy (non-hydrogen) atoms. The molecule has 1 fully saturated rings. The van der Waals surface area contributed by atoms with Crippen LogP contribution in [0.5, 0.6) is 0 Å². The minimum absolute atomic E-state index is 0.189. The van der Waals surface area contributed by atoms with Gasteiger partial charge in [0.2, 0.25) is 5.78 Å². The number of aryl methyl sites for hydroxylation is 1. The molecule has 1 aliphatic heterocycles. The van der Waals surface area contributed by atoms with Gasteiger partial charge in [-0.25, -0.2) is 4.39 Å². The molecule has 2 heterocycles. The van der Waals surface area contributed by atoms with Crippen molar-refractivity contribution in [2.24, 2.45) is 13.0 Å². The number of halogens is 1. The second-order valence-electron chi connectivity index (χ2n) is 9.27. The van der Waals surface area contributed by atoms with Crippen LogP contribution in [0.25, 0.3) is 22.2 Å². The summed E-state index contributed by atoms with van der Waals surface area (Å²) in [6.07, 6.45) is 0.896. The minimum Gasteiger partial charge on any atom is -0.457 e. The average molecular weight is 499 g/mol. The van der Waals surface area contributed by atoms with Crippen molar-refractivity contribution in [1.82, 2.24) is 9.47 Å². The van der Waals surface area contributed by atoms with Gasteiger partial charge in [0.25, 0.3) is 5.91 Å². The van der Waals surface area contributed by atoms with Gasteiger partial charge in [-0.05, 0) is 48.7 Å². The highest BCUT2D eigenvalue weighted by Gasteiger charge is 2.30. The Hall–Kier alpha value is -4.26. The summed E-state index contributed by atoms with van der Waals surface area (Å²) in [6, 6.07) is 22.8. The molecular weight excluding hydrogens is 471 g/mol. The van der Waals surface area contributed by atoms with E-state index < -0.39 is 11.8 Å². The molecule has 1 aliphatic rings. The number of Topliss-reactive ketones (excluding diaryl/α,β-unsaturated/α-hetero) is 1.